The predicted octanol–water partition coefficient (Wildman–Crippen LogP) is 7.36. The number of nitrogens with zero attached hydrogens (tertiary/aromatic N) is 3. The molecule has 6 aliphatic rings. The van der Waals surface area contributed by atoms with Gasteiger partial charge in [-0.25, -0.2) is 9.59 Å². The molecule has 3 aromatic carbocycles. The number of rotatable bonds is 11. The molecule has 0 spiro atoms. The highest BCUT2D eigenvalue weighted by atomic mass is 32.2. The molecule has 6 heterocycles. The first kappa shape index (κ1) is 53.7. The van der Waals surface area contributed by atoms with Crippen molar-refractivity contribution in [3.8, 4) is 0 Å². The van der Waals surface area contributed by atoms with Crippen molar-refractivity contribution >= 4 is 64.3 Å². The summed E-state index contributed by atoms with van der Waals surface area (Å²) in [6.07, 6.45) is 3.20. The summed E-state index contributed by atoms with van der Waals surface area (Å²) < 4.78 is 11.5. The molecule has 18 heteroatoms. The largest absolute Gasteiger partial charge is 0.461 e. The van der Waals surface area contributed by atoms with Gasteiger partial charge in [-0.15, -0.1) is 0 Å². The van der Waals surface area contributed by atoms with Crippen LogP contribution in [0.15, 0.2) is 54.6 Å². The number of fused-ring (bicyclic) bond motifs is 3. The predicted molar refractivity (Wildman–Crippen MR) is 280 cm³/mol. The van der Waals surface area contributed by atoms with Crippen molar-refractivity contribution in [3.05, 3.63) is 105 Å². The normalized spacial score (nSPS) is 22.7. The minimum Gasteiger partial charge on any atom is -0.461 e. The molecule has 0 aliphatic carbocycles. The lowest BCUT2D eigenvalue weighted by Gasteiger charge is -2.48. The fourth-order valence-electron chi connectivity index (χ4n) is 13.3. The fraction of sp³-hybridized carbons (Fsp3) is 0.526. The number of thioether (sulfide) groups is 1. The van der Waals surface area contributed by atoms with Gasteiger partial charge in [0.05, 0.1) is 49.8 Å². The van der Waals surface area contributed by atoms with Gasteiger partial charge in [0, 0.05) is 56.9 Å². The van der Waals surface area contributed by atoms with Crippen LogP contribution in [-0.4, -0.2) is 137 Å². The molecule has 0 unspecified atom stereocenters. The van der Waals surface area contributed by atoms with Crippen LogP contribution >= 0.6 is 11.8 Å². The van der Waals surface area contributed by atoms with Gasteiger partial charge in [-0.3, -0.25) is 48.3 Å². The number of hydrogen-bond acceptors (Lipinski definition) is 15. The van der Waals surface area contributed by atoms with E-state index in [0.29, 0.717) is 50.3 Å². The van der Waals surface area contributed by atoms with E-state index in [9.17, 15) is 43.2 Å². The summed E-state index contributed by atoms with van der Waals surface area (Å²) in [6, 6.07) is 11.4. The highest BCUT2D eigenvalue weighted by Gasteiger charge is 2.50. The van der Waals surface area contributed by atoms with Crippen molar-refractivity contribution in [2.45, 2.75) is 178 Å². The molecule has 398 valence electrons. The van der Waals surface area contributed by atoms with Gasteiger partial charge in [0.1, 0.15) is 13.2 Å². The lowest BCUT2D eigenvalue weighted by molar-refractivity contribution is 0.0391. The molecule has 75 heavy (non-hydrogen) atoms. The van der Waals surface area contributed by atoms with Crippen molar-refractivity contribution in [2.75, 3.05) is 13.2 Å². The van der Waals surface area contributed by atoms with E-state index in [2.05, 4.69) is 16.0 Å². The summed E-state index contributed by atoms with van der Waals surface area (Å²) in [5, 5.41) is 9.09. The number of nitrogens with one attached hydrogen (secondary N) is 3. The van der Waals surface area contributed by atoms with Gasteiger partial charge in [-0.05, 0) is 176 Å². The SMILES string of the molecule is CC1(C)CC(N2C(=O)c3ccc(C(=O)OCC(COC(=O)c4ccc5c(c4)C(=O)N(C4CC(C)(C)NC(C)(C)C4)C5=O)SC(=O)c4ccc5c(c4)C(=O)N(C4CC(C)(C)NC(C)(C)C4)C5=O)cc3C2=O)CC(C)(C)N1. The number of imide groups is 3. The Hall–Kier alpha value is -6.08. The zero-order chi connectivity index (χ0) is 54.7. The Morgan fingerprint density at radius 3 is 0.987 bits per heavy atom. The summed E-state index contributed by atoms with van der Waals surface area (Å²) >= 11 is 0.688. The zero-order valence-electron chi connectivity index (χ0n) is 44.9. The van der Waals surface area contributed by atoms with Gasteiger partial charge in [-0.1, -0.05) is 11.8 Å². The van der Waals surface area contributed by atoms with Crippen LogP contribution in [0.3, 0.4) is 0 Å². The van der Waals surface area contributed by atoms with E-state index in [1.165, 1.54) is 69.3 Å². The number of benzene rings is 3. The highest BCUT2D eigenvalue weighted by Crippen LogP contribution is 2.40. The van der Waals surface area contributed by atoms with E-state index >= 15 is 0 Å². The quantitative estimate of drug-likeness (QED) is 0.126. The van der Waals surface area contributed by atoms with Gasteiger partial charge in [0.2, 0.25) is 5.12 Å². The Morgan fingerprint density at radius 1 is 0.440 bits per heavy atom. The average molecular weight is 1050 g/mol. The van der Waals surface area contributed by atoms with Crippen LogP contribution in [-0.2, 0) is 9.47 Å². The second kappa shape index (κ2) is 18.6. The molecular formula is C57H68N6O11S. The summed E-state index contributed by atoms with van der Waals surface area (Å²) in [7, 11) is 0. The van der Waals surface area contributed by atoms with Gasteiger partial charge in [-0.2, -0.15) is 0 Å². The van der Waals surface area contributed by atoms with Gasteiger partial charge < -0.3 is 25.4 Å². The number of carbonyl (C=O) groups is 9. The third-order valence-electron chi connectivity index (χ3n) is 15.1. The number of ether oxygens (including phenoxy) is 2. The maximum atomic E-state index is 14.2. The first-order valence-electron chi connectivity index (χ1n) is 25.7. The first-order valence-corrected chi connectivity index (χ1v) is 26.6. The van der Waals surface area contributed by atoms with E-state index in [0.717, 1.165) is 0 Å². The molecule has 6 aliphatic heterocycles. The number of hydrogen-bond donors (Lipinski definition) is 3. The smallest absolute Gasteiger partial charge is 0.338 e. The number of amides is 6. The monoisotopic (exact) mass is 1040 g/mol. The topological polar surface area (TPSA) is 218 Å². The molecule has 0 bridgehead atoms. The van der Waals surface area contributed by atoms with Crippen LogP contribution in [0, 0.1) is 0 Å². The van der Waals surface area contributed by atoms with Crippen molar-refractivity contribution < 1.29 is 52.6 Å². The lowest BCUT2D eigenvalue weighted by atomic mass is 9.79. The minimum absolute atomic E-state index is 0.0234. The van der Waals surface area contributed by atoms with Gasteiger partial charge in [0.15, 0.2) is 0 Å². The summed E-state index contributed by atoms with van der Waals surface area (Å²) in [5.41, 5.74) is -1.38. The molecule has 9 rings (SSSR count). The van der Waals surface area contributed by atoms with Crippen LogP contribution < -0.4 is 16.0 Å². The van der Waals surface area contributed by atoms with E-state index in [-0.39, 0.29) is 101 Å². The van der Waals surface area contributed by atoms with Crippen LogP contribution in [0.4, 0.5) is 0 Å². The molecule has 0 atom stereocenters. The van der Waals surface area contributed by atoms with Crippen LogP contribution in [0.2, 0.25) is 0 Å². The molecule has 3 saturated heterocycles. The minimum atomic E-state index is -1.05. The van der Waals surface area contributed by atoms with Crippen LogP contribution in [0.1, 0.15) is 215 Å². The summed E-state index contributed by atoms with van der Waals surface area (Å²) in [6.45, 7) is 23.3. The molecule has 3 aromatic rings. The van der Waals surface area contributed by atoms with Crippen molar-refractivity contribution in [2.24, 2.45) is 0 Å². The van der Waals surface area contributed by atoms with Gasteiger partial charge >= 0.3 is 11.9 Å². The Kier molecular flexibility index (Phi) is 13.3. The highest BCUT2D eigenvalue weighted by molar-refractivity contribution is 8.14. The fourth-order valence-corrected chi connectivity index (χ4v) is 14.2. The third-order valence-corrected chi connectivity index (χ3v) is 16.2. The third kappa shape index (κ3) is 10.6. The molecule has 6 amide bonds. The van der Waals surface area contributed by atoms with Crippen molar-refractivity contribution in [1.82, 2.24) is 30.7 Å². The van der Waals surface area contributed by atoms with Crippen molar-refractivity contribution in [1.29, 1.82) is 0 Å². The summed E-state index contributed by atoms with van der Waals surface area (Å²) in [4.78, 5) is 129. The Balaban J connectivity index is 0.931. The Bertz CT molecular complexity index is 2830. The van der Waals surface area contributed by atoms with E-state index in [1.54, 1.807) is 0 Å². The standard InChI is InChI=1S/C57H68N6O11S/c1-52(2)22-33(23-53(3,4)58-52)61-43(64)37-16-13-30(19-40(37)46(61)67)49(70)73-28-36(75-51(72)32-15-18-39-42(21-32)48(69)63(45(39)66)35-26-56(9,10)60-57(11,12)27-35)29-74-50(71)31-14-17-38-41(20-31)47(68)62(44(38)65)34-24-54(5,6)59-55(7,8)25-34/h13-21,33-36,58-60H,22-29H2,1-12H3. The number of esters is 2. The molecule has 0 aromatic heterocycles. The van der Waals surface area contributed by atoms with E-state index in [1.807, 2.05) is 83.1 Å². The Labute approximate surface area is 441 Å². The molecule has 0 saturated carbocycles. The molecule has 17 nitrogen and oxygen atoms in total. The maximum absolute atomic E-state index is 14.2. The van der Waals surface area contributed by atoms with E-state index < -0.39 is 71.0 Å². The van der Waals surface area contributed by atoms with Crippen LogP contribution in [0.25, 0.3) is 0 Å². The van der Waals surface area contributed by atoms with E-state index in [4.69, 9.17) is 9.47 Å². The number of piperidine rings is 3. The lowest BCUT2D eigenvalue weighted by Crippen LogP contribution is -2.62. The Morgan fingerprint density at radius 2 is 0.693 bits per heavy atom. The zero-order valence-corrected chi connectivity index (χ0v) is 45.7. The second-order valence-electron chi connectivity index (χ2n) is 25.3. The maximum Gasteiger partial charge on any atom is 0.338 e. The van der Waals surface area contributed by atoms with Crippen LogP contribution in [0.5, 0.6) is 0 Å². The van der Waals surface area contributed by atoms with Crippen molar-refractivity contribution in [3.63, 3.8) is 0 Å². The molecule has 0 radical (unpaired) electrons. The first-order chi connectivity index (χ1) is 34.7. The average Bonchev–Trinajstić information content (AvgIpc) is 3.80. The molecule has 3 fully saturated rings. The summed E-state index contributed by atoms with van der Waals surface area (Å²) in [5.74, 6) is -4.60. The molecular weight excluding hydrogens is 977 g/mol. The second-order valence-corrected chi connectivity index (χ2v) is 26.6. The van der Waals surface area contributed by atoms with Gasteiger partial charge in [0.25, 0.3) is 35.4 Å². The number of carbonyl (C=O) groups excluding carboxylic acids is 9. The molecule has 3 N–H and O–H groups in total.